The molecule has 1 aromatic carbocycles. The van der Waals surface area contributed by atoms with Crippen LogP contribution in [0.1, 0.15) is 11.1 Å². The van der Waals surface area contributed by atoms with Crippen LogP contribution in [-0.4, -0.2) is 28.9 Å². The first-order chi connectivity index (χ1) is 11.8. The van der Waals surface area contributed by atoms with Gasteiger partial charge in [-0.1, -0.05) is 23.7 Å². The number of pyridine rings is 1. The van der Waals surface area contributed by atoms with E-state index in [2.05, 4.69) is 15.5 Å². The third kappa shape index (κ3) is 5.35. The highest BCUT2D eigenvalue weighted by molar-refractivity contribution is 6.32. The second-order valence-electron chi connectivity index (χ2n) is 4.64. The summed E-state index contributed by atoms with van der Waals surface area (Å²) in [6, 6.07) is 7.22. The molecule has 0 atom stereocenters. The fraction of sp³-hybridized carbons (Fsp3) is 0.133. The molecule has 0 saturated heterocycles. The lowest BCUT2D eigenvalue weighted by Crippen LogP contribution is -2.10. The SMILES string of the molecule is O=C(O)COc1ccccc1/C=N/Nc1ncc(C(F)(F)F)cc1Cl. The Labute approximate surface area is 144 Å². The third-order valence-electron chi connectivity index (χ3n) is 2.81. The van der Waals surface area contributed by atoms with Crippen molar-refractivity contribution >= 4 is 29.6 Å². The molecule has 0 aliphatic carbocycles. The molecule has 0 bridgehead atoms. The van der Waals surface area contributed by atoms with Gasteiger partial charge in [0.25, 0.3) is 0 Å². The summed E-state index contributed by atoms with van der Waals surface area (Å²) in [5, 5.41) is 12.2. The van der Waals surface area contributed by atoms with Crippen LogP contribution >= 0.6 is 11.6 Å². The highest BCUT2D eigenvalue weighted by Crippen LogP contribution is 2.32. The van der Waals surface area contributed by atoms with Gasteiger partial charge < -0.3 is 9.84 Å². The summed E-state index contributed by atoms with van der Waals surface area (Å²) in [5.41, 5.74) is 1.90. The highest BCUT2D eigenvalue weighted by Gasteiger charge is 2.31. The van der Waals surface area contributed by atoms with E-state index < -0.39 is 24.3 Å². The second kappa shape index (κ2) is 7.84. The predicted octanol–water partition coefficient (Wildman–Crippen LogP) is 3.66. The normalized spacial score (nSPS) is 11.5. The van der Waals surface area contributed by atoms with Crippen molar-refractivity contribution in [3.05, 3.63) is 52.7 Å². The van der Waals surface area contributed by atoms with Gasteiger partial charge in [-0.2, -0.15) is 18.3 Å². The second-order valence-corrected chi connectivity index (χ2v) is 5.05. The standard InChI is InChI=1S/C15H11ClF3N3O3/c16-11-5-10(15(17,18)19)7-20-14(11)22-21-6-9-3-1-2-4-12(9)25-8-13(23)24/h1-7H,8H2,(H,20,22)(H,23,24)/b21-6+. The summed E-state index contributed by atoms with van der Waals surface area (Å²) in [7, 11) is 0. The number of ether oxygens (including phenoxy) is 1. The fourth-order valence-electron chi connectivity index (χ4n) is 1.70. The molecule has 132 valence electrons. The van der Waals surface area contributed by atoms with E-state index in [9.17, 15) is 18.0 Å². The van der Waals surface area contributed by atoms with Crippen molar-refractivity contribution < 1.29 is 27.8 Å². The molecule has 2 rings (SSSR count). The minimum absolute atomic E-state index is 0.0603. The average molecular weight is 374 g/mol. The van der Waals surface area contributed by atoms with E-state index in [0.29, 0.717) is 11.8 Å². The first-order valence-electron chi connectivity index (χ1n) is 6.73. The minimum atomic E-state index is -4.54. The monoisotopic (exact) mass is 373 g/mol. The van der Waals surface area contributed by atoms with Crippen LogP contribution in [0, 0.1) is 0 Å². The molecule has 2 aromatic rings. The molecule has 0 radical (unpaired) electrons. The Morgan fingerprint density at radius 2 is 2.12 bits per heavy atom. The number of nitrogens with one attached hydrogen (secondary N) is 1. The lowest BCUT2D eigenvalue weighted by Gasteiger charge is -2.09. The minimum Gasteiger partial charge on any atom is -0.481 e. The van der Waals surface area contributed by atoms with Gasteiger partial charge in [0.15, 0.2) is 12.4 Å². The van der Waals surface area contributed by atoms with Crippen LogP contribution in [0.3, 0.4) is 0 Å². The maximum atomic E-state index is 12.5. The van der Waals surface area contributed by atoms with Crippen LogP contribution < -0.4 is 10.2 Å². The van der Waals surface area contributed by atoms with Crippen molar-refractivity contribution in [2.24, 2.45) is 5.10 Å². The molecule has 10 heteroatoms. The first kappa shape index (κ1) is 18.5. The molecule has 0 aliphatic rings. The quantitative estimate of drug-likeness (QED) is 0.596. The van der Waals surface area contributed by atoms with E-state index in [1.54, 1.807) is 24.3 Å². The number of aliphatic carboxylic acids is 1. The number of halogens is 4. The Balaban J connectivity index is 2.10. The van der Waals surface area contributed by atoms with Crippen molar-refractivity contribution in [1.29, 1.82) is 0 Å². The summed E-state index contributed by atoms with van der Waals surface area (Å²) in [4.78, 5) is 14.1. The molecule has 0 spiro atoms. The molecule has 0 amide bonds. The van der Waals surface area contributed by atoms with Crippen molar-refractivity contribution in [2.45, 2.75) is 6.18 Å². The molecule has 1 heterocycles. The van der Waals surface area contributed by atoms with E-state index in [0.717, 1.165) is 6.07 Å². The number of para-hydroxylation sites is 1. The Hall–Kier alpha value is -2.81. The number of hydrazone groups is 1. The summed E-state index contributed by atoms with van der Waals surface area (Å²) >= 11 is 5.74. The van der Waals surface area contributed by atoms with Gasteiger partial charge in [0, 0.05) is 11.8 Å². The van der Waals surface area contributed by atoms with Crippen molar-refractivity contribution in [2.75, 3.05) is 12.0 Å². The van der Waals surface area contributed by atoms with Gasteiger partial charge in [-0.05, 0) is 18.2 Å². The largest absolute Gasteiger partial charge is 0.481 e. The van der Waals surface area contributed by atoms with Gasteiger partial charge in [0.05, 0.1) is 16.8 Å². The van der Waals surface area contributed by atoms with E-state index >= 15 is 0 Å². The van der Waals surface area contributed by atoms with Gasteiger partial charge in [-0.25, -0.2) is 9.78 Å². The maximum absolute atomic E-state index is 12.5. The Morgan fingerprint density at radius 3 is 2.76 bits per heavy atom. The Kier molecular flexibility index (Phi) is 5.81. The number of hydrogen-bond acceptors (Lipinski definition) is 5. The first-order valence-corrected chi connectivity index (χ1v) is 7.10. The highest BCUT2D eigenvalue weighted by atomic mass is 35.5. The van der Waals surface area contributed by atoms with Crippen LogP contribution in [0.2, 0.25) is 5.02 Å². The zero-order valence-electron chi connectivity index (χ0n) is 12.4. The number of hydrogen-bond donors (Lipinski definition) is 2. The number of carbonyl (C=O) groups is 1. The molecule has 0 unspecified atom stereocenters. The zero-order valence-corrected chi connectivity index (χ0v) is 13.2. The third-order valence-corrected chi connectivity index (χ3v) is 3.10. The van der Waals surface area contributed by atoms with Gasteiger partial charge in [0.2, 0.25) is 0 Å². The van der Waals surface area contributed by atoms with E-state index in [-0.39, 0.29) is 16.6 Å². The number of carboxylic acids is 1. The molecular weight excluding hydrogens is 363 g/mol. The number of benzene rings is 1. The molecular formula is C15H11ClF3N3O3. The summed E-state index contributed by atoms with van der Waals surface area (Å²) < 4.78 is 42.7. The summed E-state index contributed by atoms with van der Waals surface area (Å²) in [5.74, 6) is -0.914. The summed E-state index contributed by atoms with van der Waals surface area (Å²) in [6.07, 6.45) is -2.61. The molecule has 0 fully saturated rings. The number of carboxylic acid groups (broad SMARTS) is 1. The number of alkyl halides is 3. The van der Waals surface area contributed by atoms with Crippen LogP contribution in [0.25, 0.3) is 0 Å². The van der Waals surface area contributed by atoms with E-state index in [4.69, 9.17) is 21.4 Å². The van der Waals surface area contributed by atoms with Crippen LogP contribution in [0.4, 0.5) is 19.0 Å². The molecule has 6 nitrogen and oxygen atoms in total. The predicted molar refractivity (Wildman–Crippen MR) is 85.0 cm³/mol. The van der Waals surface area contributed by atoms with Crippen molar-refractivity contribution in [3.8, 4) is 5.75 Å². The van der Waals surface area contributed by atoms with Crippen LogP contribution in [0.5, 0.6) is 5.75 Å². The Bertz CT molecular complexity index is 797. The lowest BCUT2D eigenvalue weighted by molar-refractivity contribution is -0.139. The van der Waals surface area contributed by atoms with Crippen LogP contribution in [0.15, 0.2) is 41.6 Å². The fourth-order valence-corrected chi connectivity index (χ4v) is 1.90. The van der Waals surface area contributed by atoms with Crippen molar-refractivity contribution in [3.63, 3.8) is 0 Å². The number of nitrogens with zero attached hydrogens (tertiary/aromatic N) is 2. The van der Waals surface area contributed by atoms with E-state index in [1.807, 2.05) is 0 Å². The smallest absolute Gasteiger partial charge is 0.417 e. The van der Waals surface area contributed by atoms with Gasteiger partial charge >= 0.3 is 12.1 Å². The average Bonchev–Trinajstić information content (AvgIpc) is 2.54. The van der Waals surface area contributed by atoms with E-state index in [1.165, 1.54) is 6.21 Å². The van der Waals surface area contributed by atoms with Crippen molar-refractivity contribution in [1.82, 2.24) is 4.98 Å². The maximum Gasteiger partial charge on any atom is 0.417 e. The Morgan fingerprint density at radius 1 is 1.40 bits per heavy atom. The number of aromatic nitrogens is 1. The lowest BCUT2D eigenvalue weighted by atomic mass is 10.2. The molecule has 25 heavy (non-hydrogen) atoms. The summed E-state index contributed by atoms with van der Waals surface area (Å²) in [6.45, 7) is -0.523. The molecule has 0 saturated carbocycles. The number of rotatable bonds is 6. The van der Waals surface area contributed by atoms with Gasteiger partial charge in [-0.3, -0.25) is 5.43 Å². The van der Waals surface area contributed by atoms with Gasteiger partial charge in [0.1, 0.15) is 5.75 Å². The number of anilines is 1. The van der Waals surface area contributed by atoms with Crippen LogP contribution in [-0.2, 0) is 11.0 Å². The topological polar surface area (TPSA) is 83.8 Å². The molecule has 2 N–H and O–H groups in total. The van der Waals surface area contributed by atoms with Gasteiger partial charge in [-0.15, -0.1) is 0 Å². The molecule has 1 aromatic heterocycles. The zero-order chi connectivity index (χ0) is 18.4. The molecule has 0 aliphatic heterocycles.